The molecule has 0 fully saturated rings. The van der Waals surface area contributed by atoms with E-state index in [0.29, 0.717) is 5.92 Å². The molecule has 1 heterocycles. The molecule has 1 atom stereocenters. The lowest BCUT2D eigenvalue weighted by atomic mass is 10.0. The van der Waals surface area contributed by atoms with Crippen LogP contribution in [0, 0.1) is 0 Å². The molecule has 0 aliphatic heterocycles. The summed E-state index contributed by atoms with van der Waals surface area (Å²) >= 11 is 0. The van der Waals surface area contributed by atoms with Crippen LogP contribution in [0.2, 0.25) is 0 Å². The molecule has 0 saturated carbocycles. The quantitative estimate of drug-likeness (QED) is 0.782. The number of imidazole rings is 1. The molecule has 1 unspecified atom stereocenters. The van der Waals surface area contributed by atoms with Gasteiger partial charge in [0.15, 0.2) is 0 Å². The summed E-state index contributed by atoms with van der Waals surface area (Å²) in [5, 5.41) is 0. The minimum atomic E-state index is 0.602. The molecule has 1 aliphatic rings. The maximum absolute atomic E-state index is 4.71. The Labute approximate surface area is 86.1 Å². The summed E-state index contributed by atoms with van der Waals surface area (Å²) in [5.74, 6) is 1.82. The largest absolute Gasteiger partial charge is 0.345 e. The highest BCUT2D eigenvalue weighted by atomic mass is 14.9. The van der Waals surface area contributed by atoms with E-state index in [0.717, 1.165) is 0 Å². The number of nitrogens with one attached hydrogen (secondary N) is 1. The van der Waals surface area contributed by atoms with Crippen molar-refractivity contribution >= 4 is 0 Å². The van der Waals surface area contributed by atoms with E-state index in [-0.39, 0.29) is 0 Å². The molecule has 0 aromatic carbocycles. The van der Waals surface area contributed by atoms with Crippen molar-refractivity contribution in [3.8, 4) is 0 Å². The molecule has 14 heavy (non-hydrogen) atoms. The highest BCUT2D eigenvalue weighted by molar-refractivity contribution is 5.19. The van der Waals surface area contributed by atoms with Crippen molar-refractivity contribution in [2.24, 2.45) is 0 Å². The molecule has 2 rings (SSSR count). The third-order valence-electron chi connectivity index (χ3n) is 3.16. The number of rotatable bonds is 3. The van der Waals surface area contributed by atoms with Crippen molar-refractivity contribution in [1.29, 1.82) is 0 Å². The first kappa shape index (κ1) is 9.75. The number of aromatic amines is 1. The van der Waals surface area contributed by atoms with Gasteiger partial charge in [0.2, 0.25) is 0 Å². The fraction of sp³-hybridized carbons (Fsp3) is 0.750. The SMILES string of the molecule is CCCC(C)c1nc2c([nH]1)CCCC2. The Hall–Kier alpha value is -0.790. The molecule has 2 nitrogen and oxygen atoms in total. The zero-order chi connectivity index (χ0) is 9.97. The Bertz CT molecular complexity index is 278. The van der Waals surface area contributed by atoms with E-state index in [4.69, 9.17) is 4.98 Å². The highest BCUT2D eigenvalue weighted by Crippen LogP contribution is 2.24. The zero-order valence-corrected chi connectivity index (χ0v) is 9.27. The molecule has 1 aliphatic carbocycles. The molecular weight excluding hydrogens is 172 g/mol. The minimum Gasteiger partial charge on any atom is -0.345 e. The number of hydrogen-bond acceptors (Lipinski definition) is 1. The summed E-state index contributed by atoms with van der Waals surface area (Å²) in [6.07, 6.45) is 7.53. The van der Waals surface area contributed by atoms with Crippen molar-refractivity contribution < 1.29 is 0 Å². The number of hydrogen-bond donors (Lipinski definition) is 1. The monoisotopic (exact) mass is 192 g/mol. The summed E-state index contributed by atoms with van der Waals surface area (Å²) < 4.78 is 0. The van der Waals surface area contributed by atoms with Crippen LogP contribution in [-0.4, -0.2) is 9.97 Å². The lowest BCUT2D eigenvalue weighted by Crippen LogP contribution is -2.00. The second-order valence-electron chi connectivity index (χ2n) is 4.44. The molecule has 1 aromatic rings. The fourth-order valence-electron chi connectivity index (χ4n) is 2.28. The van der Waals surface area contributed by atoms with Crippen LogP contribution in [0.3, 0.4) is 0 Å². The Kier molecular flexibility index (Phi) is 2.90. The Morgan fingerprint density at radius 1 is 1.36 bits per heavy atom. The molecule has 0 bridgehead atoms. The van der Waals surface area contributed by atoms with Crippen LogP contribution in [0.15, 0.2) is 0 Å². The lowest BCUT2D eigenvalue weighted by molar-refractivity contribution is 0.632. The molecule has 1 N–H and O–H groups in total. The zero-order valence-electron chi connectivity index (χ0n) is 9.27. The summed E-state index contributed by atoms with van der Waals surface area (Å²) in [7, 11) is 0. The van der Waals surface area contributed by atoms with Gasteiger partial charge in [-0.05, 0) is 32.1 Å². The van der Waals surface area contributed by atoms with Gasteiger partial charge in [0, 0.05) is 11.6 Å². The van der Waals surface area contributed by atoms with Crippen molar-refractivity contribution in [2.45, 2.75) is 58.3 Å². The number of H-pyrrole nitrogens is 1. The fourth-order valence-corrected chi connectivity index (χ4v) is 2.28. The van der Waals surface area contributed by atoms with Crippen molar-refractivity contribution in [2.75, 3.05) is 0 Å². The smallest absolute Gasteiger partial charge is 0.109 e. The van der Waals surface area contributed by atoms with E-state index in [9.17, 15) is 0 Å². The van der Waals surface area contributed by atoms with Gasteiger partial charge in [0.1, 0.15) is 5.82 Å². The minimum absolute atomic E-state index is 0.602. The predicted octanol–water partition coefficient (Wildman–Crippen LogP) is 3.19. The van der Waals surface area contributed by atoms with Crippen LogP contribution in [0.4, 0.5) is 0 Å². The maximum Gasteiger partial charge on any atom is 0.109 e. The maximum atomic E-state index is 4.71. The van der Waals surface area contributed by atoms with Gasteiger partial charge in [-0.3, -0.25) is 0 Å². The van der Waals surface area contributed by atoms with Crippen LogP contribution in [-0.2, 0) is 12.8 Å². The lowest BCUT2D eigenvalue weighted by Gasteiger charge is -2.07. The van der Waals surface area contributed by atoms with Crippen LogP contribution >= 0.6 is 0 Å². The topological polar surface area (TPSA) is 28.7 Å². The van der Waals surface area contributed by atoms with Crippen LogP contribution < -0.4 is 0 Å². The molecule has 2 heteroatoms. The number of nitrogens with zero attached hydrogens (tertiary/aromatic N) is 1. The molecular formula is C12H20N2. The van der Waals surface area contributed by atoms with Gasteiger partial charge in [0.25, 0.3) is 0 Å². The normalized spacial score (nSPS) is 17.9. The first-order valence-electron chi connectivity index (χ1n) is 5.89. The van der Waals surface area contributed by atoms with Gasteiger partial charge < -0.3 is 4.98 Å². The molecule has 78 valence electrons. The number of fused-ring (bicyclic) bond motifs is 1. The van der Waals surface area contributed by atoms with Crippen LogP contribution in [0.5, 0.6) is 0 Å². The molecule has 0 amide bonds. The summed E-state index contributed by atoms with van der Waals surface area (Å²) in [6, 6.07) is 0. The van der Waals surface area contributed by atoms with E-state index in [2.05, 4.69) is 18.8 Å². The third kappa shape index (κ3) is 1.84. The van der Waals surface area contributed by atoms with E-state index < -0.39 is 0 Å². The second kappa shape index (κ2) is 4.16. The van der Waals surface area contributed by atoms with E-state index >= 15 is 0 Å². The average Bonchev–Trinajstić information content (AvgIpc) is 2.61. The summed E-state index contributed by atoms with van der Waals surface area (Å²) in [5.41, 5.74) is 2.75. The predicted molar refractivity (Wildman–Crippen MR) is 58.6 cm³/mol. The van der Waals surface area contributed by atoms with Gasteiger partial charge in [-0.25, -0.2) is 4.98 Å². The van der Waals surface area contributed by atoms with Crippen molar-refractivity contribution in [3.63, 3.8) is 0 Å². The van der Waals surface area contributed by atoms with Gasteiger partial charge in [-0.2, -0.15) is 0 Å². The summed E-state index contributed by atoms with van der Waals surface area (Å²) in [6.45, 7) is 4.51. The number of aryl methyl sites for hydroxylation is 2. The average molecular weight is 192 g/mol. The van der Waals surface area contributed by atoms with Gasteiger partial charge in [-0.1, -0.05) is 20.3 Å². The molecule has 0 spiro atoms. The van der Waals surface area contributed by atoms with Gasteiger partial charge >= 0.3 is 0 Å². The van der Waals surface area contributed by atoms with Crippen LogP contribution in [0.25, 0.3) is 0 Å². The Morgan fingerprint density at radius 3 is 2.86 bits per heavy atom. The van der Waals surface area contributed by atoms with E-state index in [1.54, 1.807) is 0 Å². The molecule has 0 radical (unpaired) electrons. The highest BCUT2D eigenvalue weighted by Gasteiger charge is 2.16. The second-order valence-corrected chi connectivity index (χ2v) is 4.44. The van der Waals surface area contributed by atoms with Gasteiger partial charge in [-0.15, -0.1) is 0 Å². The standard InChI is InChI=1S/C12H20N2/c1-3-6-9(2)12-13-10-7-4-5-8-11(10)14-12/h9H,3-8H2,1-2H3,(H,13,14). The molecule has 0 saturated heterocycles. The first-order chi connectivity index (χ1) is 6.81. The van der Waals surface area contributed by atoms with E-state index in [1.165, 1.54) is 55.7 Å². The Morgan fingerprint density at radius 2 is 2.14 bits per heavy atom. The Balaban J connectivity index is 2.15. The van der Waals surface area contributed by atoms with Crippen LogP contribution in [0.1, 0.15) is 62.7 Å². The van der Waals surface area contributed by atoms with Gasteiger partial charge in [0.05, 0.1) is 5.69 Å². The first-order valence-corrected chi connectivity index (χ1v) is 5.89. The third-order valence-corrected chi connectivity index (χ3v) is 3.16. The van der Waals surface area contributed by atoms with Crippen molar-refractivity contribution in [3.05, 3.63) is 17.2 Å². The molecule has 1 aromatic heterocycles. The number of aromatic nitrogens is 2. The summed E-state index contributed by atoms with van der Waals surface area (Å²) in [4.78, 5) is 8.22. The van der Waals surface area contributed by atoms with Crippen molar-refractivity contribution in [1.82, 2.24) is 9.97 Å². The van der Waals surface area contributed by atoms with E-state index in [1.807, 2.05) is 0 Å².